The minimum Gasteiger partial charge on any atom is -0.480 e. The quantitative estimate of drug-likeness (QED) is 0.862. The van der Waals surface area contributed by atoms with Crippen LogP contribution in [0.25, 0.3) is 0 Å². The first kappa shape index (κ1) is 13.7. The monoisotopic (exact) mass is 264 g/mol. The molecule has 1 aromatic heterocycles. The van der Waals surface area contributed by atoms with Crippen molar-refractivity contribution in [1.29, 1.82) is 0 Å². The van der Waals surface area contributed by atoms with E-state index in [0.29, 0.717) is 0 Å². The Bertz CT molecular complexity index is 482. The summed E-state index contributed by atoms with van der Waals surface area (Å²) in [5.41, 5.74) is 2.12. The lowest BCUT2D eigenvalue weighted by molar-refractivity contribution is -0.138. The number of aliphatic carboxylic acids is 1. The number of nitrogens with zero attached hydrogens (tertiary/aromatic N) is 4. The summed E-state index contributed by atoms with van der Waals surface area (Å²) < 4.78 is 0. The molecule has 0 aliphatic carbocycles. The van der Waals surface area contributed by atoms with Crippen LogP contribution in [0.2, 0.25) is 0 Å². The molecule has 6 nitrogen and oxygen atoms in total. The van der Waals surface area contributed by atoms with Gasteiger partial charge in [-0.15, -0.1) is 0 Å². The average Bonchev–Trinajstić information content (AvgIpc) is 2.34. The highest BCUT2D eigenvalue weighted by Crippen LogP contribution is 2.20. The van der Waals surface area contributed by atoms with Gasteiger partial charge in [-0.05, 0) is 20.8 Å². The van der Waals surface area contributed by atoms with E-state index in [1.54, 1.807) is 0 Å². The molecule has 1 N–H and O–H groups in total. The number of carbonyl (C=O) groups is 1. The Kier molecular flexibility index (Phi) is 3.99. The normalized spacial score (nSPS) is 16.7. The van der Waals surface area contributed by atoms with E-state index in [9.17, 15) is 4.79 Å². The van der Waals surface area contributed by atoms with Crippen LogP contribution in [0.1, 0.15) is 17.1 Å². The SMILES string of the molecule is Cc1nc(C)c(C)c(N2CCN(CC(=O)O)CC2)n1. The molecule has 1 fully saturated rings. The van der Waals surface area contributed by atoms with Crippen LogP contribution in [0.15, 0.2) is 0 Å². The van der Waals surface area contributed by atoms with Gasteiger partial charge >= 0.3 is 5.97 Å². The highest BCUT2D eigenvalue weighted by Gasteiger charge is 2.21. The van der Waals surface area contributed by atoms with Gasteiger partial charge in [-0.1, -0.05) is 0 Å². The van der Waals surface area contributed by atoms with Gasteiger partial charge in [0.05, 0.1) is 6.54 Å². The minimum absolute atomic E-state index is 0.120. The van der Waals surface area contributed by atoms with E-state index in [2.05, 4.69) is 14.9 Å². The van der Waals surface area contributed by atoms with Gasteiger partial charge < -0.3 is 10.0 Å². The fraction of sp³-hybridized carbons (Fsp3) is 0.615. The lowest BCUT2D eigenvalue weighted by Gasteiger charge is -2.35. The summed E-state index contributed by atoms with van der Waals surface area (Å²) in [7, 11) is 0. The number of hydrogen-bond donors (Lipinski definition) is 1. The molecular formula is C13H20N4O2. The molecule has 1 aliphatic heterocycles. The second-order valence-corrected chi connectivity index (χ2v) is 4.96. The van der Waals surface area contributed by atoms with Crippen molar-refractivity contribution in [2.75, 3.05) is 37.6 Å². The maximum atomic E-state index is 10.7. The first-order valence-corrected chi connectivity index (χ1v) is 6.48. The molecule has 0 bridgehead atoms. The summed E-state index contributed by atoms with van der Waals surface area (Å²) in [6.45, 7) is 9.18. The Morgan fingerprint density at radius 2 is 1.79 bits per heavy atom. The molecule has 19 heavy (non-hydrogen) atoms. The number of anilines is 1. The van der Waals surface area contributed by atoms with Crippen LogP contribution >= 0.6 is 0 Å². The van der Waals surface area contributed by atoms with E-state index in [4.69, 9.17) is 5.11 Å². The zero-order valence-corrected chi connectivity index (χ0v) is 11.7. The van der Waals surface area contributed by atoms with E-state index in [-0.39, 0.29) is 6.54 Å². The van der Waals surface area contributed by atoms with Crippen molar-refractivity contribution in [3.63, 3.8) is 0 Å². The van der Waals surface area contributed by atoms with E-state index in [1.165, 1.54) is 0 Å². The van der Waals surface area contributed by atoms with Crippen LogP contribution in [0, 0.1) is 20.8 Å². The van der Waals surface area contributed by atoms with Gasteiger partial charge in [0.1, 0.15) is 11.6 Å². The molecule has 6 heteroatoms. The predicted molar refractivity (Wildman–Crippen MR) is 72.5 cm³/mol. The Balaban J connectivity index is 2.07. The van der Waals surface area contributed by atoms with Crippen molar-refractivity contribution < 1.29 is 9.90 Å². The van der Waals surface area contributed by atoms with Crippen molar-refractivity contribution >= 4 is 11.8 Å². The topological polar surface area (TPSA) is 69.6 Å². The molecule has 0 aromatic carbocycles. The Labute approximate surface area is 113 Å². The van der Waals surface area contributed by atoms with Crippen LogP contribution in [-0.2, 0) is 4.79 Å². The zero-order chi connectivity index (χ0) is 14.0. The fourth-order valence-corrected chi connectivity index (χ4v) is 2.37. The molecule has 0 unspecified atom stereocenters. The minimum atomic E-state index is -0.765. The molecule has 0 amide bonds. The number of carboxylic acids is 1. The molecule has 2 rings (SSSR count). The van der Waals surface area contributed by atoms with Crippen LogP contribution in [0.5, 0.6) is 0 Å². The summed E-state index contributed by atoms with van der Waals surface area (Å²) in [4.78, 5) is 23.7. The van der Waals surface area contributed by atoms with E-state index >= 15 is 0 Å². The van der Waals surface area contributed by atoms with Crippen molar-refractivity contribution in [2.24, 2.45) is 0 Å². The van der Waals surface area contributed by atoms with Gasteiger partial charge in [0.2, 0.25) is 0 Å². The molecule has 0 atom stereocenters. The largest absolute Gasteiger partial charge is 0.480 e. The first-order chi connectivity index (χ1) is 8.97. The lowest BCUT2D eigenvalue weighted by Crippen LogP contribution is -2.48. The van der Waals surface area contributed by atoms with Crippen LogP contribution in [-0.4, -0.2) is 58.7 Å². The molecule has 1 aliphatic rings. The standard InChI is InChI=1S/C13H20N4O2/c1-9-10(2)14-11(3)15-13(9)17-6-4-16(5-7-17)8-12(18)19/h4-8H2,1-3H3,(H,18,19). The second-order valence-electron chi connectivity index (χ2n) is 4.96. The molecule has 1 aromatic rings. The Morgan fingerprint density at radius 3 is 2.37 bits per heavy atom. The molecule has 0 spiro atoms. The molecule has 0 radical (unpaired) electrons. The van der Waals surface area contributed by atoms with Gasteiger partial charge in [0.25, 0.3) is 0 Å². The van der Waals surface area contributed by atoms with Crippen molar-refractivity contribution in [1.82, 2.24) is 14.9 Å². The second kappa shape index (κ2) is 5.52. The lowest BCUT2D eigenvalue weighted by atomic mass is 10.2. The number of rotatable bonds is 3. The van der Waals surface area contributed by atoms with Crippen LogP contribution in [0.3, 0.4) is 0 Å². The third kappa shape index (κ3) is 3.20. The third-order valence-corrected chi connectivity index (χ3v) is 3.51. The summed E-state index contributed by atoms with van der Waals surface area (Å²) >= 11 is 0. The van der Waals surface area contributed by atoms with Gasteiger partial charge in [-0.25, -0.2) is 9.97 Å². The number of aromatic nitrogens is 2. The van der Waals surface area contributed by atoms with Crippen molar-refractivity contribution in [3.05, 3.63) is 17.1 Å². The van der Waals surface area contributed by atoms with E-state index in [0.717, 1.165) is 49.1 Å². The van der Waals surface area contributed by atoms with Gasteiger partial charge in [0.15, 0.2) is 0 Å². The fourth-order valence-electron chi connectivity index (χ4n) is 2.37. The van der Waals surface area contributed by atoms with Gasteiger partial charge in [0, 0.05) is 37.4 Å². The van der Waals surface area contributed by atoms with Crippen LogP contribution < -0.4 is 4.90 Å². The summed E-state index contributed by atoms with van der Waals surface area (Å²) in [6.07, 6.45) is 0. The molecule has 0 saturated carbocycles. The van der Waals surface area contributed by atoms with Gasteiger partial charge in [-0.3, -0.25) is 9.69 Å². The van der Waals surface area contributed by atoms with E-state index < -0.39 is 5.97 Å². The number of hydrogen-bond acceptors (Lipinski definition) is 5. The average molecular weight is 264 g/mol. The van der Waals surface area contributed by atoms with Crippen molar-refractivity contribution in [3.8, 4) is 0 Å². The first-order valence-electron chi connectivity index (χ1n) is 6.48. The molecule has 2 heterocycles. The third-order valence-electron chi connectivity index (χ3n) is 3.51. The Hall–Kier alpha value is -1.69. The maximum absolute atomic E-state index is 10.7. The zero-order valence-electron chi connectivity index (χ0n) is 11.7. The predicted octanol–water partition coefficient (Wildman–Crippen LogP) is 0.608. The molecular weight excluding hydrogens is 244 g/mol. The highest BCUT2D eigenvalue weighted by atomic mass is 16.4. The van der Waals surface area contributed by atoms with E-state index in [1.807, 2.05) is 25.7 Å². The summed E-state index contributed by atoms with van der Waals surface area (Å²) in [6, 6.07) is 0. The highest BCUT2D eigenvalue weighted by molar-refractivity contribution is 5.69. The number of piperazine rings is 1. The van der Waals surface area contributed by atoms with Gasteiger partial charge in [-0.2, -0.15) is 0 Å². The molecule has 104 valence electrons. The smallest absolute Gasteiger partial charge is 0.317 e. The van der Waals surface area contributed by atoms with Crippen molar-refractivity contribution in [2.45, 2.75) is 20.8 Å². The number of carboxylic acid groups (broad SMARTS) is 1. The summed E-state index contributed by atoms with van der Waals surface area (Å²) in [5, 5.41) is 8.79. The van der Waals surface area contributed by atoms with Crippen LogP contribution in [0.4, 0.5) is 5.82 Å². The number of aryl methyl sites for hydroxylation is 2. The molecule has 1 saturated heterocycles. The summed E-state index contributed by atoms with van der Waals surface area (Å²) in [5.74, 6) is 1.00. The maximum Gasteiger partial charge on any atom is 0.317 e. The Morgan fingerprint density at radius 1 is 1.16 bits per heavy atom.